The smallest absolute Gasteiger partial charge is 0.0383 e. The predicted molar refractivity (Wildman–Crippen MR) is 55.7 cm³/mol. The van der Waals surface area contributed by atoms with Gasteiger partial charge in [0.1, 0.15) is 0 Å². The van der Waals surface area contributed by atoms with Gasteiger partial charge in [0, 0.05) is 5.70 Å². The average Bonchev–Trinajstić information content (AvgIpc) is 2.07. The van der Waals surface area contributed by atoms with Crippen LogP contribution in [0.15, 0.2) is 48.2 Å². The second-order valence-corrected chi connectivity index (χ2v) is 2.41. The first kappa shape index (κ1) is 10.8. The van der Waals surface area contributed by atoms with Gasteiger partial charge in [-0.15, -0.1) is 0 Å². The lowest BCUT2D eigenvalue weighted by Gasteiger charge is -1.98. The maximum absolute atomic E-state index is 5.75. The van der Waals surface area contributed by atoms with Gasteiger partial charge in [-0.05, 0) is 25.0 Å². The molecule has 0 radical (unpaired) electrons. The van der Waals surface area contributed by atoms with Crippen molar-refractivity contribution in [1.29, 1.82) is 0 Å². The highest BCUT2D eigenvalue weighted by atomic mass is 14.6. The fourth-order valence-corrected chi connectivity index (χ4v) is 0.806. The summed E-state index contributed by atoms with van der Waals surface area (Å²) in [5, 5.41) is 0. The van der Waals surface area contributed by atoms with E-state index >= 15 is 0 Å². The molecule has 0 spiro atoms. The number of hydrogen-bond acceptors (Lipinski definition) is 1. The molecule has 0 aromatic heterocycles. The molecule has 0 rings (SSSR count). The zero-order chi connectivity index (χ0) is 9.40. The summed E-state index contributed by atoms with van der Waals surface area (Å²) in [5.74, 6) is 0. The van der Waals surface area contributed by atoms with Gasteiger partial charge in [-0.1, -0.05) is 37.8 Å². The normalized spacial score (nSPS) is 13.8. The van der Waals surface area contributed by atoms with Gasteiger partial charge in [0.15, 0.2) is 0 Å². The van der Waals surface area contributed by atoms with Crippen molar-refractivity contribution in [2.75, 3.05) is 0 Å². The molecule has 66 valence electrons. The van der Waals surface area contributed by atoms with E-state index in [1.165, 1.54) is 0 Å². The molecule has 2 N–H and O–H groups in total. The van der Waals surface area contributed by atoms with Crippen molar-refractivity contribution in [3.63, 3.8) is 0 Å². The standard InChI is InChI=1S/C11H17N/c1-4-7-8-9-11(12)10(5-2)6-3/h5-9H,2,4,12H2,1,3H3/b8-7-,10-6+,11-9-. The third kappa shape index (κ3) is 3.81. The molecule has 0 aliphatic carbocycles. The molecule has 0 aliphatic heterocycles. The molecule has 0 bridgehead atoms. The molecule has 0 aromatic carbocycles. The summed E-state index contributed by atoms with van der Waals surface area (Å²) in [6, 6.07) is 0. The zero-order valence-electron chi connectivity index (χ0n) is 7.88. The number of allylic oxidation sites excluding steroid dienone is 5. The lowest BCUT2D eigenvalue weighted by atomic mass is 10.2. The fraction of sp³-hybridized carbons (Fsp3) is 0.273. The molecular formula is C11H17N. The minimum atomic E-state index is 0.761. The van der Waals surface area contributed by atoms with Crippen LogP contribution in [0.5, 0.6) is 0 Å². The van der Waals surface area contributed by atoms with Crippen molar-refractivity contribution in [1.82, 2.24) is 0 Å². The Morgan fingerprint density at radius 3 is 2.58 bits per heavy atom. The summed E-state index contributed by atoms with van der Waals surface area (Å²) in [6.07, 6.45) is 10.6. The highest BCUT2D eigenvalue weighted by Gasteiger charge is 1.90. The Balaban J connectivity index is 4.35. The molecule has 0 atom stereocenters. The molecule has 0 heterocycles. The van der Waals surface area contributed by atoms with Crippen molar-refractivity contribution >= 4 is 0 Å². The van der Waals surface area contributed by atoms with Crippen LogP contribution in [0.2, 0.25) is 0 Å². The van der Waals surface area contributed by atoms with Crippen molar-refractivity contribution in [2.45, 2.75) is 20.3 Å². The summed E-state index contributed by atoms with van der Waals surface area (Å²) in [4.78, 5) is 0. The molecular weight excluding hydrogens is 146 g/mol. The Kier molecular flexibility index (Phi) is 5.80. The van der Waals surface area contributed by atoms with E-state index in [4.69, 9.17) is 5.73 Å². The Bertz CT molecular complexity index is 219. The molecule has 0 aromatic rings. The van der Waals surface area contributed by atoms with Gasteiger partial charge in [0.25, 0.3) is 0 Å². The maximum atomic E-state index is 5.75. The molecule has 0 unspecified atom stereocenters. The second kappa shape index (κ2) is 6.47. The molecule has 1 nitrogen and oxygen atoms in total. The summed E-state index contributed by atoms with van der Waals surface area (Å²) in [5.41, 5.74) is 7.49. The number of rotatable bonds is 4. The Morgan fingerprint density at radius 1 is 1.50 bits per heavy atom. The van der Waals surface area contributed by atoms with E-state index < -0.39 is 0 Å². The van der Waals surface area contributed by atoms with Crippen LogP contribution in [-0.4, -0.2) is 0 Å². The number of hydrogen-bond donors (Lipinski definition) is 1. The number of nitrogens with two attached hydrogens (primary N) is 1. The monoisotopic (exact) mass is 163 g/mol. The molecule has 0 saturated carbocycles. The maximum Gasteiger partial charge on any atom is 0.0383 e. The van der Waals surface area contributed by atoms with Crippen molar-refractivity contribution < 1.29 is 0 Å². The summed E-state index contributed by atoms with van der Waals surface area (Å²) in [7, 11) is 0. The van der Waals surface area contributed by atoms with Gasteiger partial charge in [0.05, 0.1) is 0 Å². The van der Waals surface area contributed by atoms with E-state index in [9.17, 15) is 0 Å². The van der Waals surface area contributed by atoms with Crippen LogP contribution in [0, 0.1) is 0 Å². The first-order chi connectivity index (χ1) is 5.76. The Hall–Kier alpha value is -1.24. The Labute approximate surface area is 75.0 Å². The van der Waals surface area contributed by atoms with Gasteiger partial charge < -0.3 is 5.73 Å². The van der Waals surface area contributed by atoms with E-state index in [0.717, 1.165) is 17.7 Å². The molecule has 0 saturated heterocycles. The highest BCUT2D eigenvalue weighted by molar-refractivity contribution is 5.37. The summed E-state index contributed by atoms with van der Waals surface area (Å²) in [6.45, 7) is 7.70. The van der Waals surface area contributed by atoms with E-state index in [2.05, 4.69) is 19.6 Å². The van der Waals surface area contributed by atoms with E-state index in [1.54, 1.807) is 6.08 Å². The third-order valence-corrected chi connectivity index (χ3v) is 1.51. The van der Waals surface area contributed by atoms with Crippen LogP contribution in [0.4, 0.5) is 0 Å². The van der Waals surface area contributed by atoms with Crippen LogP contribution in [0.25, 0.3) is 0 Å². The lowest BCUT2D eigenvalue weighted by Crippen LogP contribution is -1.97. The molecule has 0 aliphatic rings. The van der Waals surface area contributed by atoms with Gasteiger partial charge in [-0.3, -0.25) is 0 Å². The summed E-state index contributed by atoms with van der Waals surface area (Å²) >= 11 is 0. The van der Waals surface area contributed by atoms with Crippen molar-refractivity contribution in [3.8, 4) is 0 Å². The predicted octanol–water partition coefficient (Wildman–Crippen LogP) is 2.93. The topological polar surface area (TPSA) is 26.0 Å². The highest BCUT2D eigenvalue weighted by Crippen LogP contribution is 2.04. The van der Waals surface area contributed by atoms with Crippen LogP contribution in [0.3, 0.4) is 0 Å². The molecule has 1 heteroatoms. The van der Waals surface area contributed by atoms with Crippen LogP contribution < -0.4 is 5.73 Å². The lowest BCUT2D eigenvalue weighted by molar-refractivity contribution is 1.22. The van der Waals surface area contributed by atoms with Gasteiger partial charge in [-0.2, -0.15) is 0 Å². The second-order valence-electron chi connectivity index (χ2n) is 2.41. The minimum Gasteiger partial charge on any atom is -0.398 e. The van der Waals surface area contributed by atoms with Crippen LogP contribution in [-0.2, 0) is 0 Å². The Morgan fingerprint density at radius 2 is 2.17 bits per heavy atom. The average molecular weight is 163 g/mol. The SMILES string of the molecule is C=CC(=C\C)/C(N)=C/C=C\CC. The van der Waals surface area contributed by atoms with Crippen molar-refractivity contribution in [3.05, 3.63) is 48.2 Å². The van der Waals surface area contributed by atoms with Crippen LogP contribution in [0.1, 0.15) is 20.3 Å². The fourth-order valence-electron chi connectivity index (χ4n) is 0.806. The molecule has 12 heavy (non-hydrogen) atoms. The zero-order valence-corrected chi connectivity index (χ0v) is 7.88. The van der Waals surface area contributed by atoms with E-state index in [-0.39, 0.29) is 0 Å². The van der Waals surface area contributed by atoms with Crippen LogP contribution >= 0.6 is 0 Å². The molecule has 0 amide bonds. The first-order valence-corrected chi connectivity index (χ1v) is 4.17. The van der Waals surface area contributed by atoms with Gasteiger partial charge in [-0.25, -0.2) is 0 Å². The third-order valence-electron chi connectivity index (χ3n) is 1.51. The molecule has 0 fully saturated rings. The van der Waals surface area contributed by atoms with Gasteiger partial charge in [0.2, 0.25) is 0 Å². The van der Waals surface area contributed by atoms with Crippen molar-refractivity contribution in [2.24, 2.45) is 5.73 Å². The van der Waals surface area contributed by atoms with Gasteiger partial charge >= 0.3 is 0 Å². The van der Waals surface area contributed by atoms with E-state index in [1.807, 2.05) is 25.2 Å². The van der Waals surface area contributed by atoms with E-state index in [0.29, 0.717) is 0 Å². The quantitative estimate of drug-likeness (QED) is 0.633. The first-order valence-electron chi connectivity index (χ1n) is 4.17. The minimum absolute atomic E-state index is 0.761. The largest absolute Gasteiger partial charge is 0.398 e. The summed E-state index contributed by atoms with van der Waals surface area (Å²) < 4.78 is 0.